The molecule has 0 spiro atoms. The maximum absolute atomic E-state index is 6.04. The second-order valence-corrected chi connectivity index (χ2v) is 7.70. The lowest BCUT2D eigenvalue weighted by Crippen LogP contribution is -2.33. The Balaban J connectivity index is 1.54. The maximum atomic E-state index is 6.04. The highest BCUT2D eigenvalue weighted by molar-refractivity contribution is 5.92. The van der Waals surface area contributed by atoms with Gasteiger partial charge in [-0.1, -0.05) is 31.2 Å². The summed E-state index contributed by atoms with van der Waals surface area (Å²) in [5, 5.41) is 3.09. The summed E-state index contributed by atoms with van der Waals surface area (Å²) in [6.07, 6.45) is 2.66. The van der Waals surface area contributed by atoms with Crippen LogP contribution in [0.1, 0.15) is 30.9 Å². The first-order valence-electron chi connectivity index (χ1n) is 10.2. The van der Waals surface area contributed by atoms with Crippen LogP contribution in [0, 0.1) is 5.92 Å². The third-order valence-corrected chi connectivity index (χ3v) is 5.26. The van der Waals surface area contributed by atoms with E-state index in [0.717, 1.165) is 23.7 Å². The summed E-state index contributed by atoms with van der Waals surface area (Å²) in [5.74, 6) is 2.48. The molecule has 2 aromatic rings. The third kappa shape index (κ3) is 6.12. The first-order valence-corrected chi connectivity index (χ1v) is 10.2. The Bertz CT molecular complexity index is 820. The highest BCUT2D eigenvalue weighted by Crippen LogP contribution is 2.29. The number of piperidine rings is 1. The minimum Gasteiger partial charge on any atom is -0.493 e. The molecule has 0 amide bonds. The van der Waals surface area contributed by atoms with Crippen molar-refractivity contribution >= 4 is 11.6 Å². The van der Waals surface area contributed by atoms with Crippen LogP contribution in [0.2, 0.25) is 0 Å². The largest absolute Gasteiger partial charge is 0.493 e. The van der Waals surface area contributed by atoms with Crippen molar-refractivity contribution in [1.29, 1.82) is 0 Å². The zero-order valence-corrected chi connectivity index (χ0v) is 17.6. The van der Waals surface area contributed by atoms with Gasteiger partial charge in [0.15, 0.2) is 17.5 Å². The van der Waals surface area contributed by atoms with E-state index in [1.807, 2.05) is 18.2 Å². The van der Waals surface area contributed by atoms with Crippen molar-refractivity contribution in [3.8, 4) is 11.5 Å². The van der Waals surface area contributed by atoms with Gasteiger partial charge in [0.2, 0.25) is 0 Å². The monoisotopic (exact) mass is 396 g/mol. The molecule has 1 atom stereocenters. The van der Waals surface area contributed by atoms with Crippen LogP contribution in [0.25, 0.3) is 0 Å². The highest BCUT2D eigenvalue weighted by Gasteiger charge is 2.16. The van der Waals surface area contributed by atoms with Gasteiger partial charge in [-0.2, -0.15) is 0 Å². The molecule has 156 valence electrons. The van der Waals surface area contributed by atoms with Crippen molar-refractivity contribution in [3.05, 3.63) is 53.6 Å². The van der Waals surface area contributed by atoms with E-state index in [0.29, 0.717) is 24.0 Å². The summed E-state index contributed by atoms with van der Waals surface area (Å²) in [5.41, 5.74) is 9.33. The SMILES string of the molecule is COc1ccc(NC(N)=NCc2ccc(CN3CCCC(C)C3)cc2)cc1OC. The lowest BCUT2D eigenvalue weighted by Gasteiger charge is -2.30. The summed E-state index contributed by atoms with van der Waals surface area (Å²) < 4.78 is 10.6. The Morgan fingerprint density at radius 2 is 1.83 bits per heavy atom. The molecule has 0 bridgehead atoms. The third-order valence-electron chi connectivity index (χ3n) is 5.26. The summed E-state index contributed by atoms with van der Waals surface area (Å²) in [4.78, 5) is 6.99. The molecule has 6 nitrogen and oxygen atoms in total. The molecule has 1 aliphatic heterocycles. The predicted molar refractivity (Wildman–Crippen MR) is 119 cm³/mol. The summed E-state index contributed by atoms with van der Waals surface area (Å²) in [6.45, 7) is 6.30. The van der Waals surface area contributed by atoms with Crippen LogP contribution in [-0.2, 0) is 13.1 Å². The number of aliphatic imine (C=N–C) groups is 1. The molecular weight excluding hydrogens is 364 g/mol. The molecule has 1 fully saturated rings. The molecule has 1 heterocycles. The zero-order chi connectivity index (χ0) is 20.6. The fraction of sp³-hybridized carbons (Fsp3) is 0.435. The fourth-order valence-corrected chi connectivity index (χ4v) is 3.72. The molecule has 0 aromatic heterocycles. The molecule has 1 saturated heterocycles. The second-order valence-electron chi connectivity index (χ2n) is 7.70. The van der Waals surface area contributed by atoms with E-state index in [2.05, 4.69) is 46.4 Å². The van der Waals surface area contributed by atoms with Crippen LogP contribution in [0.15, 0.2) is 47.5 Å². The molecule has 6 heteroatoms. The molecule has 3 N–H and O–H groups in total. The number of nitrogens with two attached hydrogens (primary N) is 1. The maximum Gasteiger partial charge on any atom is 0.193 e. The molecule has 0 saturated carbocycles. The van der Waals surface area contributed by atoms with E-state index in [1.54, 1.807) is 14.2 Å². The first-order chi connectivity index (χ1) is 14.1. The molecule has 0 radical (unpaired) electrons. The van der Waals surface area contributed by atoms with Gasteiger partial charge in [0.1, 0.15) is 0 Å². The highest BCUT2D eigenvalue weighted by atomic mass is 16.5. The second kappa shape index (κ2) is 10.2. The van der Waals surface area contributed by atoms with Gasteiger partial charge in [0, 0.05) is 24.8 Å². The van der Waals surface area contributed by atoms with E-state index >= 15 is 0 Å². The van der Waals surface area contributed by atoms with Crippen LogP contribution >= 0.6 is 0 Å². The fourth-order valence-electron chi connectivity index (χ4n) is 3.72. The number of nitrogens with one attached hydrogen (secondary N) is 1. The number of rotatable bonds is 7. The van der Waals surface area contributed by atoms with Crippen molar-refractivity contribution in [2.24, 2.45) is 16.6 Å². The number of nitrogens with zero attached hydrogens (tertiary/aromatic N) is 2. The Labute approximate surface area is 173 Å². The van der Waals surface area contributed by atoms with Gasteiger partial charge in [0.25, 0.3) is 0 Å². The molecule has 3 rings (SSSR count). The van der Waals surface area contributed by atoms with E-state index in [4.69, 9.17) is 15.2 Å². The van der Waals surface area contributed by atoms with Crippen LogP contribution in [0.5, 0.6) is 11.5 Å². The Kier molecular flexibility index (Phi) is 7.36. The van der Waals surface area contributed by atoms with Crippen LogP contribution < -0.4 is 20.5 Å². The number of guanidine groups is 1. The molecule has 29 heavy (non-hydrogen) atoms. The van der Waals surface area contributed by atoms with E-state index in [1.165, 1.54) is 31.5 Å². The van der Waals surface area contributed by atoms with Gasteiger partial charge >= 0.3 is 0 Å². The number of benzene rings is 2. The normalized spacial score (nSPS) is 17.8. The van der Waals surface area contributed by atoms with Crippen molar-refractivity contribution in [2.45, 2.75) is 32.9 Å². The standard InChI is InChI=1S/C23H32N4O2/c1-17-5-4-12-27(15-17)16-19-8-6-18(7-9-19)14-25-23(24)26-20-10-11-21(28-2)22(13-20)29-3/h6-11,13,17H,4-5,12,14-16H2,1-3H3,(H3,24,25,26). The van der Waals surface area contributed by atoms with Crippen molar-refractivity contribution in [1.82, 2.24) is 4.90 Å². The molecule has 1 aliphatic rings. The number of hydrogen-bond acceptors (Lipinski definition) is 4. The van der Waals surface area contributed by atoms with Gasteiger partial charge in [0.05, 0.1) is 20.8 Å². The number of ether oxygens (including phenoxy) is 2. The minimum absolute atomic E-state index is 0.364. The molecule has 2 aromatic carbocycles. The van der Waals surface area contributed by atoms with E-state index < -0.39 is 0 Å². The quantitative estimate of drug-likeness (QED) is 0.549. The number of likely N-dealkylation sites (tertiary alicyclic amines) is 1. The van der Waals surface area contributed by atoms with Gasteiger partial charge in [-0.3, -0.25) is 4.90 Å². The zero-order valence-electron chi connectivity index (χ0n) is 17.6. The van der Waals surface area contributed by atoms with E-state index in [9.17, 15) is 0 Å². The van der Waals surface area contributed by atoms with Gasteiger partial charge in [-0.15, -0.1) is 0 Å². The summed E-state index contributed by atoms with van der Waals surface area (Å²) >= 11 is 0. The number of hydrogen-bond donors (Lipinski definition) is 2. The van der Waals surface area contributed by atoms with Crippen LogP contribution in [-0.4, -0.2) is 38.2 Å². The average Bonchev–Trinajstić information content (AvgIpc) is 2.73. The van der Waals surface area contributed by atoms with Crippen LogP contribution in [0.4, 0.5) is 5.69 Å². The van der Waals surface area contributed by atoms with Crippen molar-refractivity contribution < 1.29 is 9.47 Å². The average molecular weight is 397 g/mol. The first kappa shape index (κ1) is 21.0. The topological polar surface area (TPSA) is 72.1 Å². The Morgan fingerprint density at radius 1 is 1.10 bits per heavy atom. The van der Waals surface area contributed by atoms with Crippen molar-refractivity contribution in [3.63, 3.8) is 0 Å². The molecule has 0 aliphatic carbocycles. The van der Waals surface area contributed by atoms with Gasteiger partial charge in [-0.05, 0) is 48.6 Å². The predicted octanol–water partition coefficient (Wildman–Crippen LogP) is 3.86. The van der Waals surface area contributed by atoms with Gasteiger partial charge in [-0.25, -0.2) is 4.99 Å². The lowest BCUT2D eigenvalue weighted by atomic mass is 9.99. The Morgan fingerprint density at radius 3 is 2.52 bits per heavy atom. The van der Waals surface area contributed by atoms with Crippen molar-refractivity contribution in [2.75, 3.05) is 32.6 Å². The lowest BCUT2D eigenvalue weighted by molar-refractivity contribution is 0.176. The van der Waals surface area contributed by atoms with Crippen LogP contribution in [0.3, 0.4) is 0 Å². The molecule has 1 unspecified atom stereocenters. The number of anilines is 1. The van der Waals surface area contributed by atoms with E-state index in [-0.39, 0.29) is 0 Å². The van der Waals surface area contributed by atoms with Gasteiger partial charge < -0.3 is 20.5 Å². The minimum atomic E-state index is 0.364. The molecular formula is C23H32N4O2. The summed E-state index contributed by atoms with van der Waals surface area (Å²) in [7, 11) is 3.22. The Hall–Kier alpha value is -2.73. The number of methoxy groups -OCH3 is 2. The summed E-state index contributed by atoms with van der Waals surface area (Å²) in [6, 6.07) is 14.2. The smallest absolute Gasteiger partial charge is 0.193 e.